The van der Waals surface area contributed by atoms with E-state index in [0.717, 1.165) is 15.6 Å². The fraction of sp³-hybridized carbons (Fsp3) is 0.0588. The largest absolute Gasteiger partial charge is 1.00 e. The first kappa shape index (κ1) is 17.8. The summed E-state index contributed by atoms with van der Waals surface area (Å²) in [7, 11) is 0. The van der Waals surface area contributed by atoms with Gasteiger partial charge in [-0.1, -0.05) is 51.8 Å². The second-order valence-electron chi connectivity index (χ2n) is 4.87. The Hall–Kier alpha value is -0.564. The summed E-state index contributed by atoms with van der Waals surface area (Å²) in [6.07, 6.45) is 0. The second kappa shape index (κ2) is 7.34. The number of aromatic carboxylic acids is 1. The van der Waals surface area contributed by atoms with E-state index >= 15 is 0 Å². The first-order valence-electron chi connectivity index (χ1n) is 6.43. The van der Waals surface area contributed by atoms with Gasteiger partial charge in [-0.15, -0.1) is 0 Å². The SMILES string of the molecule is Cc1ccc(-c2cc(C(=O)[O-])c3ccc(Br)cc3n2)cc1.[K+]. The third kappa shape index (κ3) is 3.67. The van der Waals surface area contributed by atoms with Crippen molar-refractivity contribution in [1.82, 2.24) is 4.98 Å². The minimum absolute atomic E-state index is 0. The van der Waals surface area contributed by atoms with Gasteiger partial charge in [0.1, 0.15) is 0 Å². The number of nitrogens with zero attached hydrogens (tertiary/aromatic N) is 1. The van der Waals surface area contributed by atoms with Crippen LogP contribution in [0.3, 0.4) is 0 Å². The number of carbonyl (C=O) groups excluding carboxylic acids is 1. The molecule has 0 atom stereocenters. The third-order valence-corrected chi connectivity index (χ3v) is 3.83. The molecule has 0 N–H and O–H groups in total. The van der Waals surface area contributed by atoms with E-state index in [1.165, 1.54) is 0 Å². The van der Waals surface area contributed by atoms with Crippen molar-refractivity contribution in [3.05, 3.63) is 64.1 Å². The van der Waals surface area contributed by atoms with Crippen molar-refractivity contribution < 1.29 is 61.3 Å². The smallest absolute Gasteiger partial charge is 0.545 e. The van der Waals surface area contributed by atoms with Crippen molar-refractivity contribution in [2.24, 2.45) is 0 Å². The second-order valence-corrected chi connectivity index (χ2v) is 5.79. The number of aryl methyl sites for hydroxylation is 1. The van der Waals surface area contributed by atoms with Gasteiger partial charge in [-0.25, -0.2) is 4.98 Å². The number of hydrogen-bond acceptors (Lipinski definition) is 3. The number of fused-ring (bicyclic) bond motifs is 1. The van der Waals surface area contributed by atoms with Gasteiger partial charge in [-0.05, 0) is 25.1 Å². The summed E-state index contributed by atoms with van der Waals surface area (Å²) in [5, 5.41) is 12.0. The van der Waals surface area contributed by atoms with E-state index in [9.17, 15) is 9.90 Å². The van der Waals surface area contributed by atoms with Crippen LogP contribution in [-0.4, -0.2) is 11.0 Å². The number of pyridine rings is 1. The van der Waals surface area contributed by atoms with Crippen LogP contribution in [0.1, 0.15) is 15.9 Å². The minimum atomic E-state index is -1.20. The van der Waals surface area contributed by atoms with Gasteiger partial charge in [0.25, 0.3) is 0 Å². The van der Waals surface area contributed by atoms with E-state index in [0.29, 0.717) is 16.6 Å². The average molecular weight is 380 g/mol. The van der Waals surface area contributed by atoms with Crippen molar-refractivity contribution in [2.45, 2.75) is 6.92 Å². The quantitative estimate of drug-likeness (QED) is 0.603. The first-order chi connectivity index (χ1) is 10.0. The number of hydrogen-bond donors (Lipinski definition) is 0. The topological polar surface area (TPSA) is 53.0 Å². The predicted octanol–water partition coefficient (Wildman–Crippen LogP) is 0.340. The summed E-state index contributed by atoms with van der Waals surface area (Å²) in [6, 6.07) is 14.7. The molecule has 2 aromatic carbocycles. The Morgan fingerprint density at radius 1 is 1.09 bits per heavy atom. The van der Waals surface area contributed by atoms with E-state index < -0.39 is 5.97 Å². The summed E-state index contributed by atoms with van der Waals surface area (Å²) >= 11 is 3.38. The molecule has 3 aromatic rings. The van der Waals surface area contributed by atoms with E-state index in [4.69, 9.17) is 0 Å². The number of carbonyl (C=O) groups is 1. The Bertz CT molecular complexity index is 847. The maximum Gasteiger partial charge on any atom is 1.00 e. The van der Waals surface area contributed by atoms with Crippen LogP contribution in [0, 0.1) is 6.92 Å². The molecule has 0 saturated heterocycles. The molecule has 0 bridgehead atoms. The first-order valence-corrected chi connectivity index (χ1v) is 7.22. The number of halogens is 1. The van der Waals surface area contributed by atoms with E-state index in [1.807, 2.05) is 31.2 Å². The predicted molar refractivity (Wildman–Crippen MR) is 83.9 cm³/mol. The van der Waals surface area contributed by atoms with E-state index in [-0.39, 0.29) is 56.9 Å². The van der Waals surface area contributed by atoms with Crippen molar-refractivity contribution in [3.8, 4) is 11.3 Å². The molecule has 0 aliphatic carbocycles. The Morgan fingerprint density at radius 3 is 2.41 bits per heavy atom. The van der Waals surface area contributed by atoms with Gasteiger partial charge in [0, 0.05) is 21.0 Å². The fourth-order valence-electron chi connectivity index (χ4n) is 2.24. The minimum Gasteiger partial charge on any atom is -0.545 e. The summed E-state index contributed by atoms with van der Waals surface area (Å²) < 4.78 is 0.854. The summed E-state index contributed by atoms with van der Waals surface area (Å²) in [5.41, 5.74) is 3.43. The van der Waals surface area contributed by atoms with Gasteiger partial charge in [-0.2, -0.15) is 0 Å². The number of carboxylic acid groups (broad SMARTS) is 1. The molecule has 0 amide bonds. The van der Waals surface area contributed by atoms with Crippen molar-refractivity contribution in [1.29, 1.82) is 0 Å². The number of carboxylic acids is 1. The van der Waals surface area contributed by atoms with Crippen LogP contribution in [0.15, 0.2) is 53.0 Å². The van der Waals surface area contributed by atoms with Crippen LogP contribution in [0.5, 0.6) is 0 Å². The molecule has 0 fully saturated rings. The fourth-order valence-corrected chi connectivity index (χ4v) is 2.59. The molecular formula is C17H11BrKNO2. The van der Waals surface area contributed by atoms with Crippen molar-refractivity contribution in [2.75, 3.05) is 0 Å². The maximum atomic E-state index is 11.4. The molecule has 0 radical (unpaired) electrons. The molecule has 0 saturated carbocycles. The molecule has 22 heavy (non-hydrogen) atoms. The molecule has 0 aliphatic rings. The van der Waals surface area contributed by atoms with Gasteiger partial charge in [0.15, 0.2) is 0 Å². The van der Waals surface area contributed by atoms with E-state index in [1.54, 1.807) is 24.3 Å². The van der Waals surface area contributed by atoms with Gasteiger partial charge in [0.05, 0.1) is 17.2 Å². The normalized spacial score (nSPS) is 10.3. The monoisotopic (exact) mass is 379 g/mol. The van der Waals surface area contributed by atoms with Crippen LogP contribution >= 0.6 is 15.9 Å². The summed E-state index contributed by atoms with van der Waals surface area (Å²) in [5.74, 6) is -1.20. The van der Waals surface area contributed by atoms with Crippen molar-refractivity contribution >= 4 is 32.8 Å². The van der Waals surface area contributed by atoms with Crippen LogP contribution in [0.25, 0.3) is 22.2 Å². The van der Waals surface area contributed by atoms with E-state index in [2.05, 4.69) is 20.9 Å². The van der Waals surface area contributed by atoms with Gasteiger partial charge < -0.3 is 9.90 Å². The Kier molecular flexibility index (Phi) is 5.93. The van der Waals surface area contributed by atoms with Gasteiger partial charge in [-0.3, -0.25) is 0 Å². The van der Waals surface area contributed by atoms with Gasteiger partial charge >= 0.3 is 51.4 Å². The summed E-state index contributed by atoms with van der Waals surface area (Å²) in [6.45, 7) is 2.00. The molecule has 0 spiro atoms. The average Bonchev–Trinajstić information content (AvgIpc) is 2.46. The Morgan fingerprint density at radius 2 is 1.77 bits per heavy atom. The molecular weight excluding hydrogens is 369 g/mol. The molecule has 1 aromatic heterocycles. The Balaban J connectivity index is 0.00000176. The third-order valence-electron chi connectivity index (χ3n) is 3.34. The Labute approximate surface area is 179 Å². The zero-order valence-corrected chi connectivity index (χ0v) is 17.0. The number of aromatic nitrogens is 1. The molecule has 0 unspecified atom stereocenters. The van der Waals surface area contributed by atoms with Crippen LogP contribution in [0.2, 0.25) is 0 Å². The van der Waals surface area contributed by atoms with Gasteiger partial charge in [0.2, 0.25) is 0 Å². The number of benzene rings is 2. The summed E-state index contributed by atoms with van der Waals surface area (Å²) in [4.78, 5) is 15.9. The molecule has 104 valence electrons. The maximum absolute atomic E-state index is 11.4. The number of rotatable bonds is 2. The van der Waals surface area contributed by atoms with Crippen molar-refractivity contribution in [3.63, 3.8) is 0 Å². The van der Waals surface area contributed by atoms with Crippen LogP contribution < -0.4 is 56.5 Å². The molecule has 3 nitrogen and oxygen atoms in total. The molecule has 1 heterocycles. The zero-order valence-electron chi connectivity index (χ0n) is 12.3. The zero-order chi connectivity index (χ0) is 15.0. The molecule has 5 heteroatoms. The molecule has 3 rings (SSSR count). The standard InChI is InChI=1S/C17H12BrNO2.K/c1-10-2-4-11(5-3-10)15-9-14(17(20)21)13-7-6-12(18)8-16(13)19-15;/h2-9H,1H3,(H,20,21);/q;+1/p-1. The van der Waals surface area contributed by atoms with Crippen LogP contribution in [0.4, 0.5) is 0 Å². The van der Waals surface area contributed by atoms with Crippen LogP contribution in [-0.2, 0) is 0 Å². The molecule has 0 aliphatic heterocycles.